The maximum Gasteiger partial charge on any atom is 0.251 e. The molecule has 3 rings (SSSR count). The fourth-order valence-corrected chi connectivity index (χ4v) is 3.20. The van der Waals surface area contributed by atoms with Crippen molar-refractivity contribution >= 4 is 48.5 Å². The van der Waals surface area contributed by atoms with Gasteiger partial charge < -0.3 is 11.1 Å². The highest BCUT2D eigenvalue weighted by Gasteiger charge is 2.09. The molecular formula is C15H12BrN3OS. The summed E-state index contributed by atoms with van der Waals surface area (Å²) in [4.78, 5) is 16.4. The zero-order valence-electron chi connectivity index (χ0n) is 11.0. The fraction of sp³-hybridized carbons (Fsp3) is 0.0667. The highest BCUT2D eigenvalue weighted by molar-refractivity contribution is 9.10. The Morgan fingerprint density at radius 1 is 1.29 bits per heavy atom. The van der Waals surface area contributed by atoms with E-state index in [0.29, 0.717) is 17.2 Å². The van der Waals surface area contributed by atoms with Gasteiger partial charge in [-0.1, -0.05) is 45.5 Å². The van der Waals surface area contributed by atoms with E-state index in [-0.39, 0.29) is 5.91 Å². The number of thiazole rings is 1. The number of carbonyl (C=O) groups is 1. The molecule has 106 valence electrons. The van der Waals surface area contributed by atoms with Crippen LogP contribution in [0, 0.1) is 0 Å². The van der Waals surface area contributed by atoms with E-state index >= 15 is 0 Å². The van der Waals surface area contributed by atoms with Crippen LogP contribution in [0.15, 0.2) is 46.9 Å². The van der Waals surface area contributed by atoms with Gasteiger partial charge in [-0.05, 0) is 29.8 Å². The number of amides is 1. The maximum absolute atomic E-state index is 12.2. The van der Waals surface area contributed by atoms with E-state index in [1.54, 1.807) is 6.07 Å². The van der Waals surface area contributed by atoms with E-state index < -0.39 is 0 Å². The summed E-state index contributed by atoms with van der Waals surface area (Å²) in [6.45, 7) is 0.475. The van der Waals surface area contributed by atoms with Crippen molar-refractivity contribution in [1.82, 2.24) is 10.3 Å². The van der Waals surface area contributed by atoms with Crippen LogP contribution in [0.3, 0.4) is 0 Å². The molecular weight excluding hydrogens is 350 g/mol. The van der Waals surface area contributed by atoms with Gasteiger partial charge in [0.25, 0.3) is 5.91 Å². The Labute approximate surface area is 134 Å². The zero-order valence-corrected chi connectivity index (χ0v) is 13.4. The lowest BCUT2D eigenvalue weighted by atomic mass is 10.2. The normalized spacial score (nSPS) is 10.7. The maximum atomic E-state index is 12.2. The lowest BCUT2D eigenvalue weighted by molar-refractivity contribution is 0.0951. The van der Waals surface area contributed by atoms with E-state index in [4.69, 9.17) is 5.73 Å². The van der Waals surface area contributed by atoms with Crippen LogP contribution in [0.1, 0.15) is 15.9 Å². The number of hydrogen-bond acceptors (Lipinski definition) is 4. The van der Waals surface area contributed by atoms with Crippen LogP contribution < -0.4 is 11.1 Å². The third-order valence-corrected chi connectivity index (χ3v) is 4.69. The van der Waals surface area contributed by atoms with Crippen LogP contribution in [0.4, 0.5) is 5.13 Å². The molecule has 0 saturated heterocycles. The number of rotatable bonds is 3. The van der Waals surface area contributed by atoms with Gasteiger partial charge in [0.15, 0.2) is 5.13 Å². The van der Waals surface area contributed by atoms with E-state index in [2.05, 4.69) is 26.2 Å². The smallest absolute Gasteiger partial charge is 0.251 e. The van der Waals surface area contributed by atoms with Crippen LogP contribution in [-0.2, 0) is 6.54 Å². The predicted octanol–water partition coefficient (Wildman–Crippen LogP) is 3.57. The van der Waals surface area contributed by atoms with Gasteiger partial charge in [-0.15, -0.1) is 0 Å². The summed E-state index contributed by atoms with van der Waals surface area (Å²) in [6.07, 6.45) is 0. The molecule has 0 aliphatic rings. The minimum Gasteiger partial charge on any atom is -0.375 e. The summed E-state index contributed by atoms with van der Waals surface area (Å²) < 4.78 is 1.90. The molecule has 0 aliphatic heterocycles. The number of aromatic nitrogens is 1. The number of nitrogens with one attached hydrogen (secondary N) is 1. The monoisotopic (exact) mass is 361 g/mol. The first-order chi connectivity index (χ1) is 10.1. The van der Waals surface area contributed by atoms with E-state index in [1.807, 2.05) is 36.4 Å². The Morgan fingerprint density at radius 2 is 2.10 bits per heavy atom. The fourth-order valence-electron chi connectivity index (χ4n) is 2.00. The molecule has 0 atom stereocenters. The van der Waals surface area contributed by atoms with Crippen LogP contribution in [-0.4, -0.2) is 10.9 Å². The minimum absolute atomic E-state index is 0.111. The van der Waals surface area contributed by atoms with Crippen LogP contribution in [0.2, 0.25) is 0 Å². The molecule has 3 aromatic rings. The Bertz CT molecular complexity index is 816. The van der Waals surface area contributed by atoms with Gasteiger partial charge in [0, 0.05) is 16.6 Å². The summed E-state index contributed by atoms with van der Waals surface area (Å²) in [5.74, 6) is -0.111. The van der Waals surface area contributed by atoms with Crippen molar-refractivity contribution in [3.8, 4) is 0 Å². The third kappa shape index (κ3) is 3.06. The van der Waals surface area contributed by atoms with Crippen LogP contribution >= 0.6 is 27.3 Å². The Kier molecular flexibility index (Phi) is 3.90. The van der Waals surface area contributed by atoms with Gasteiger partial charge in [-0.3, -0.25) is 4.79 Å². The summed E-state index contributed by atoms with van der Waals surface area (Å²) in [5, 5.41) is 3.42. The van der Waals surface area contributed by atoms with E-state index in [1.165, 1.54) is 11.3 Å². The van der Waals surface area contributed by atoms with Gasteiger partial charge in [0.1, 0.15) is 0 Å². The lowest BCUT2D eigenvalue weighted by Gasteiger charge is -2.07. The summed E-state index contributed by atoms with van der Waals surface area (Å²) in [6, 6.07) is 13.2. The molecule has 0 saturated carbocycles. The molecule has 2 aromatic carbocycles. The number of halogens is 1. The average molecular weight is 362 g/mol. The Balaban J connectivity index is 1.76. The lowest BCUT2D eigenvalue weighted by Crippen LogP contribution is -2.22. The number of carbonyl (C=O) groups excluding carboxylic acids is 1. The molecule has 0 fully saturated rings. The van der Waals surface area contributed by atoms with Crippen molar-refractivity contribution in [3.63, 3.8) is 0 Å². The molecule has 0 bridgehead atoms. The molecule has 1 amide bonds. The van der Waals surface area contributed by atoms with Gasteiger partial charge in [-0.25, -0.2) is 4.98 Å². The van der Waals surface area contributed by atoms with Crippen molar-refractivity contribution in [1.29, 1.82) is 0 Å². The van der Waals surface area contributed by atoms with Crippen molar-refractivity contribution < 1.29 is 4.79 Å². The molecule has 3 N–H and O–H groups in total. The van der Waals surface area contributed by atoms with Gasteiger partial charge in [0.05, 0.1) is 10.2 Å². The molecule has 0 radical (unpaired) electrons. The number of nitrogens with two attached hydrogens (primary N) is 1. The number of anilines is 1. The summed E-state index contributed by atoms with van der Waals surface area (Å²) in [5.41, 5.74) is 8.13. The largest absolute Gasteiger partial charge is 0.375 e. The van der Waals surface area contributed by atoms with Gasteiger partial charge in [-0.2, -0.15) is 0 Å². The molecule has 6 heteroatoms. The summed E-state index contributed by atoms with van der Waals surface area (Å²) >= 11 is 4.85. The molecule has 1 heterocycles. The SMILES string of the molecule is Nc1nc2ccc(C(=O)NCc3ccccc3Br)cc2s1. The zero-order chi connectivity index (χ0) is 14.8. The second-order valence-corrected chi connectivity index (χ2v) is 6.43. The second kappa shape index (κ2) is 5.83. The molecule has 21 heavy (non-hydrogen) atoms. The molecule has 4 nitrogen and oxygen atoms in total. The predicted molar refractivity (Wildman–Crippen MR) is 89.3 cm³/mol. The quantitative estimate of drug-likeness (QED) is 0.749. The van der Waals surface area contributed by atoms with Gasteiger partial charge in [0.2, 0.25) is 0 Å². The molecule has 1 aromatic heterocycles. The second-order valence-electron chi connectivity index (χ2n) is 4.51. The Morgan fingerprint density at radius 3 is 2.90 bits per heavy atom. The molecule has 0 spiro atoms. The number of nitrogens with zero attached hydrogens (tertiary/aromatic N) is 1. The molecule has 0 aliphatic carbocycles. The van der Waals surface area contributed by atoms with Crippen LogP contribution in [0.5, 0.6) is 0 Å². The highest BCUT2D eigenvalue weighted by Crippen LogP contribution is 2.24. The van der Waals surface area contributed by atoms with Crippen molar-refractivity contribution in [2.75, 3.05) is 5.73 Å². The van der Waals surface area contributed by atoms with Crippen molar-refractivity contribution in [2.45, 2.75) is 6.54 Å². The highest BCUT2D eigenvalue weighted by atomic mass is 79.9. The first-order valence-corrected chi connectivity index (χ1v) is 7.92. The average Bonchev–Trinajstić information content (AvgIpc) is 2.85. The number of nitrogen functional groups attached to an aromatic ring is 1. The standard InChI is InChI=1S/C15H12BrN3OS/c16-11-4-2-1-3-10(11)8-18-14(20)9-5-6-12-13(7-9)21-15(17)19-12/h1-7H,8H2,(H2,17,19)(H,18,20). The number of fused-ring (bicyclic) bond motifs is 1. The number of hydrogen-bond donors (Lipinski definition) is 2. The summed E-state index contributed by atoms with van der Waals surface area (Å²) in [7, 11) is 0. The first-order valence-electron chi connectivity index (χ1n) is 6.31. The van der Waals surface area contributed by atoms with Crippen molar-refractivity contribution in [3.05, 3.63) is 58.1 Å². The third-order valence-electron chi connectivity index (χ3n) is 3.06. The van der Waals surface area contributed by atoms with Crippen LogP contribution in [0.25, 0.3) is 10.2 Å². The first kappa shape index (κ1) is 14.0. The number of benzene rings is 2. The minimum atomic E-state index is -0.111. The van der Waals surface area contributed by atoms with Gasteiger partial charge >= 0.3 is 0 Å². The van der Waals surface area contributed by atoms with E-state index in [0.717, 1.165) is 20.3 Å². The van der Waals surface area contributed by atoms with Crippen molar-refractivity contribution in [2.24, 2.45) is 0 Å². The Hall–Kier alpha value is -1.92. The topological polar surface area (TPSA) is 68.0 Å². The van der Waals surface area contributed by atoms with E-state index in [9.17, 15) is 4.79 Å². The molecule has 0 unspecified atom stereocenters.